The van der Waals surface area contributed by atoms with Crippen LogP contribution in [-0.2, 0) is 11.2 Å². The molecule has 1 heterocycles. The van der Waals surface area contributed by atoms with E-state index in [0.717, 1.165) is 69.0 Å². The van der Waals surface area contributed by atoms with Crippen LogP contribution in [0, 0.1) is 5.82 Å². The van der Waals surface area contributed by atoms with Gasteiger partial charge in [0.1, 0.15) is 5.82 Å². The van der Waals surface area contributed by atoms with Crippen molar-refractivity contribution in [1.29, 1.82) is 0 Å². The second kappa shape index (κ2) is 13.7. The van der Waals surface area contributed by atoms with E-state index in [4.69, 9.17) is 4.74 Å². The number of benzene rings is 1. The fraction of sp³-hybridized carbons (Fsp3) is 0.550. The molecule has 0 bridgehead atoms. The van der Waals surface area contributed by atoms with Gasteiger partial charge < -0.3 is 25.3 Å². The van der Waals surface area contributed by atoms with Crippen LogP contribution < -0.4 is 10.6 Å². The van der Waals surface area contributed by atoms with E-state index in [1.807, 2.05) is 12.3 Å². The fourth-order valence-corrected chi connectivity index (χ4v) is 2.91. The Bertz CT molecular complexity index is 722. The van der Waals surface area contributed by atoms with Gasteiger partial charge in [0.05, 0.1) is 6.61 Å². The van der Waals surface area contributed by atoms with Crippen molar-refractivity contribution >= 4 is 40.8 Å². The number of hydrogen-bond acceptors (Lipinski definition) is 3. The number of hydrogen-bond donors (Lipinski definition) is 3. The number of aliphatic imine (C=N–C) groups is 1. The smallest absolute Gasteiger partial charge is 0.191 e. The molecule has 0 fully saturated rings. The van der Waals surface area contributed by atoms with E-state index >= 15 is 0 Å². The minimum absolute atomic E-state index is 0. The molecule has 1 aromatic heterocycles. The van der Waals surface area contributed by atoms with Crippen molar-refractivity contribution in [2.24, 2.45) is 4.99 Å². The van der Waals surface area contributed by atoms with E-state index in [9.17, 15) is 4.39 Å². The number of rotatable bonds is 11. The second-order valence-corrected chi connectivity index (χ2v) is 6.59. The van der Waals surface area contributed by atoms with Crippen molar-refractivity contribution in [2.75, 3.05) is 53.5 Å². The first-order valence-corrected chi connectivity index (χ1v) is 9.59. The molecule has 2 rings (SSSR count). The maximum atomic E-state index is 13.3. The number of aromatic nitrogens is 1. The van der Waals surface area contributed by atoms with Gasteiger partial charge in [-0.25, -0.2) is 4.39 Å². The van der Waals surface area contributed by atoms with E-state index in [1.54, 1.807) is 7.11 Å². The monoisotopic (exact) mass is 505 g/mol. The highest BCUT2D eigenvalue weighted by molar-refractivity contribution is 14.0. The summed E-state index contributed by atoms with van der Waals surface area (Å²) < 4.78 is 18.4. The fourth-order valence-electron chi connectivity index (χ4n) is 2.91. The number of nitrogens with one attached hydrogen (secondary N) is 3. The van der Waals surface area contributed by atoms with E-state index < -0.39 is 0 Å². The number of likely N-dealkylation sites (N-methyl/N-ethyl adjacent to an activating group) is 1. The van der Waals surface area contributed by atoms with Gasteiger partial charge in [-0.05, 0) is 57.1 Å². The van der Waals surface area contributed by atoms with Crippen LogP contribution in [0.15, 0.2) is 29.4 Å². The van der Waals surface area contributed by atoms with Gasteiger partial charge in [-0.3, -0.25) is 4.99 Å². The van der Waals surface area contributed by atoms with Crippen molar-refractivity contribution in [3.05, 3.63) is 35.8 Å². The maximum absolute atomic E-state index is 13.3. The first-order chi connectivity index (χ1) is 13.1. The standard InChI is InChI=1S/C20H32FN5O.HI/c1-4-22-20(23-9-5-11-26(2)12-13-27-3)24-10-8-16-15-25-19-14-17(21)6-7-18(16)19;/h6-7,14-15,25H,4-5,8-13H2,1-3H3,(H2,22,23,24);1H. The molecule has 0 saturated carbocycles. The maximum Gasteiger partial charge on any atom is 0.191 e. The number of H-pyrrole nitrogens is 1. The number of nitrogens with zero attached hydrogens (tertiary/aromatic N) is 2. The molecule has 158 valence electrons. The molecule has 0 saturated heterocycles. The Labute approximate surface area is 184 Å². The summed E-state index contributed by atoms with van der Waals surface area (Å²) in [5.74, 6) is 0.617. The summed E-state index contributed by atoms with van der Waals surface area (Å²) >= 11 is 0. The molecule has 0 aliphatic rings. The van der Waals surface area contributed by atoms with Crippen molar-refractivity contribution in [2.45, 2.75) is 19.8 Å². The number of methoxy groups -OCH3 is 1. The van der Waals surface area contributed by atoms with Crippen LogP contribution in [0.4, 0.5) is 4.39 Å². The molecule has 0 aliphatic carbocycles. The number of fused-ring (bicyclic) bond motifs is 1. The van der Waals surface area contributed by atoms with Crippen molar-refractivity contribution in [1.82, 2.24) is 20.5 Å². The molecular weight excluding hydrogens is 472 g/mol. The highest BCUT2D eigenvalue weighted by atomic mass is 127. The van der Waals surface area contributed by atoms with Gasteiger partial charge in [0.2, 0.25) is 0 Å². The number of guanidine groups is 1. The Balaban J connectivity index is 0.00000392. The third kappa shape index (κ3) is 8.32. The minimum Gasteiger partial charge on any atom is -0.383 e. The summed E-state index contributed by atoms with van der Waals surface area (Å²) in [5, 5.41) is 7.72. The molecule has 1 aromatic carbocycles. The lowest BCUT2D eigenvalue weighted by Crippen LogP contribution is -2.38. The first-order valence-electron chi connectivity index (χ1n) is 9.59. The summed E-state index contributed by atoms with van der Waals surface area (Å²) in [5.41, 5.74) is 2.01. The summed E-state index contributed by atoms with van der Waals surface area (Å²) in [7, 11) is 3.82. The zero-order chi connectivity index (χ0) is 19.5. The molecule has 28 heavy (non-hydrogen) atoms. The van der Waals surface area contributed by atoms with Crippen molar-refractivity contribution in [3.8, 4) is 0 Å². The lowest BCUT2D eigenvalue weighted by atomic mass is 10.1. The Morgan fingerprint density at radius 3 is 2.86 bits per heavy atom. The Hall–Kier alpha value is -1.39. The zero-order valence-corrected chi connectivity index (χ0v) is 19.4. The molecule has 6 nitrogen and oxygen atoms in total. The quantitative estimate of drug-likeness (QED) is 0.190. The normalized spacial score (nSPS) is 11.7. The van der Waals surface area contributed by atoms with Gasteiger partial charge in [0.25, 0.3) is 0 Å². The van der Waals surface area contributed by atoms with Gasteiger partial charge in [-0.2, -0.15) is 0 Å². The average Bonchev–Trinajstić information content (AvgIpc) is 3.05. The van der Waals surface area contributed by atoms with Gasteiger partial charge >= 0.3 is 0 Å². The zero-order valence-electron chi connectivity index (χ0n) is 17.1. The van der Waals surface area contributed by atoms with Crippen molar-refractivity contribution in [3.63, 3.8) is 0 Å². The topological polar surface area (TPSA) is 64.7 Å². The number of aromatic amines is 1. The summed E-state index contributed by atoms with van der Waals surface area (Å²) in [6, 6.07) is 4.86. The van der Waals surface area contributed by atoms with Crippen molar-refractivity contribution < 1.29 is 9.13 Å². The van der Waals surface area contributed by atoms with Gasteiger partial charge in [-0.1, -0.05) is 0 Å². The van der Waals surface area contributed by atoms with E-state index in [2.05, 4.69) is 39.5 Å². The highest BCUT2D eigenvalue weighted by Gasteiger charge is 2.05. The number of ether oxygens (including phenoxy) is 1. The van der Waals surface area contributed by atoms with E-state index in [0.29, 0.717) is 0 Å². The van der Waals surface area contributed by atoms with Crippen LogP contribution >= 0.6 is 24.0 Å². The molecule has 0 unspecified atom stereocenters. The summed E-state index contributed by atoms with van der Waals surface area (Å²) in [4.78, 5) is 10.0. The lowest BCUT2D eigenvalue weighted by molar-refractivity contribution is 0.161. The molecule has 3 N–H and O–H groups in total. The van der Waals surface area contributed by atoms with Crippen LogP contribution in [0.5, 0.6) is 0 Å². The number of halogens is 2. The Morgan fingerprint density at radius 2 is 2.11 bits per heavy atom. The predicted molar refractivity (Wildman–Crippen MR) is 125 cm³/mol. The van der Waals surface area contributed by atoms with Crippen LogP contribution in [-0.4, -0.2) is 69.3 Å². The lowest BCUT2D eigenvalue weighted by Gasteiger charge is -2.15. The molecular formula is C20H33FIN5O. The van der Waals surface area contributed by atoms with Crippen LogP contribution in [0.25, 0.3) is 10.9 Å². The summed E-state index contributed by atoms with van der Waals surface area (Å²) in [6.45, 7) is 7.12. The molecule has 0 amide bonds. The first kappa shape index (κ1) is 24.6. The Kier molecular flexibility index (Phi) is 12.1. The van der Waals surface area contributed by atoms with Crippen LogP contribution in [0.2, 0.25) is 0 Å². The summed E-state index contributed by atoms with van der Waals surface area (Å²) in [6.07, 6.45) is 3.80. The van der Waals surface area contributed by atoms with Gasteiger partial charge in [0, 0.05) is 50.4 Å². The molecule has 0 atom stereocenters. The van der Waals surface area contributed by atoms with Gasteiger partial charge in [0.15, 0.2) is 5.96 Å². The van der Waals surface area contributed by atoms with Crippen LogP contribution in [0.1, 0.15) is 18.9 Å². The molecule has 2 aromatic rings. The SMILES string of the molecule is CCNC(=NCCCN(C)CCOC)NCCc1c[nH]c2cc(F)ccc12.I. The third-order valence-electron chi connectivity index (χ3n) is 4.41. The minimum atomic E-state index is -0.219. The largest absolute Gasteiger partial charge is 0.383 e. The average molecular weight is 505 g/mol. The third-order valence-corrected chi connectivity index (χ3v) is 4.41. The van der Waals surface area contributed by atoms with Gasteiger partial charge in [-0.15, -0.1) is 24.0 Å². The highest BCUT2D eigenvalue weighted by Crippen LogP contribution is 2.19. The predicted octanol–water partition coefficient (Wildman–Crippen LogP) is 2.99. The molecule has 0 radical (unpaired) electrons. The molecule has 8 heteroatoms. The second-order valence-electron chi connectivity index (χ2n) is 6.59. The molecule has 0 spiro atoms. The van der Waals surface area contributed by atoms with Crippen LogP contribution in [0.3, 0.4) is 0 Å². The molecule has 0 aliphatic heterocycles. The van der Waals surface area contributed by atoms with E-state index in [1.165, 1.54) is 17.7 Å². The Morgan fingerprint density at radius 1 is 1.29 bits per heavy atom. The van der Waals surface area contributed by atoms with E-state index in [-0.39, 0.29) is 29.8 Å².